The summed E-state index contributed by atoms with van der Waals surface area (Å²) in [5.41, 5.74) is 5.84. The molecule has 1 nitrogen and oxygen atoms in total. The SMILES string of the molecule is CCCCc1ccc(-c2ccc(C#Cc3ccc(OCC)c(Br)c3)cc2)cc1. The molecule has 3 rings (SSSR count). The van der Waals surface area contributed by atoms with Gasteiger partial charge < -0.3 is 4.74 Å². The van der Waals surface area contributed by atoms with Gasteiger partial charge in [0.15, 0.2) is 0 Å². The van der Waals surface area contributed by atoms with Crippen molar-refractivity contribution < 1.29 is 4.74 Å². The van der Waals surface area contributed by atoms with Crippen LogP contribution in [0.3, 0.4) is 0 Å². The van der Waals surface area contributed by atoms with Crippen LogP contribution in [0.5, 0.6) is 5.75 Å². The largest absolute Gasteiger partial charge is 0.493 e. The topological polar surface area (TPSA) is 9.23 Å². The van der Waals surface area contributed by atoms with E-state index in [2.05, 4.69) is 83.2 Å². The number of hydrogen-bond acceptors (Lipinski definition) is 1. The third kappa shape index (κ3) is 5.50. The van der Waals surface area contributed by atoms with Crippen molar-refractivity contribution in [2.75, 3.05) is 6.61 Å². The quantitative estimate of drug-likeness (QED) is 0.372. The van der Waals surface area contributed by atoms with E-state index < -0.39 is 0 Å². The van der Waals surface area contributed by atoms with Gasteiger partial charge >= 0.3 is 0 Å². The van der Waals surface area contributed by atoms with Gasteiger partial charge in [-0.15, -0.1) is 0 Å². The summed E-state index contributed by atoms with van der Waals surface area (Å²) >= 11 is 3.54. The molecule has 142 valence electrons. The van der Waals surface area contributed by atoms with Gasteiger partial charge in [-0.25, -0.2) is 0 Å². The molecule has 0 aliphatic rings. The van der Waals surface area contributed by atoms with Gasteiger partial charge in [-0.1, -0.05) is 61.6 Å². The summed E-state index contributed by atoms with van der Waals surface area (Å²) in [6, 6.07) is 23.3. The number of unbranched alkanes of at least 4 members (excludes halogenated alkanes) is 1. The number of aryl methyl sites for hydroxylation is 1. The van der Waals surface area contributed by atoms with Crippen molar-refractivity contribution in [2.24, 2.45) is 0 Å². The highest BCUT2D eigenvalue weighted by Crippen LogP contribution is 2.26. The number of hydrogen-bond donors (Lipinski definition) is 0. The van der Waals surface area contributed by atoms with Gasteiger partial charge in [0.2, 0.25) is 0 Å². The van der Waals surface area contributed by atoms with E-state index in [1.54, 1.807) is 0 Å². The van der Waals surface area contributed by atoms with Crippen molar-refractivity contribution in [1.29, 1.82) is 0 Å². The fourth-order valence-corrected chi connectivity index (χ4v) is 3.48. The summed E-state index contributed by atoms with van der Waals surface area (Å²) < 4.78 is 6.47. The molecule has 0 saturated carbocycles. The predicted octanol–water partition coefficient (Wildman–Crippen LogP) is 7.26. The number of ether oxygens (including phenoxy) is 1. The summed E-state index contributed by atoms with van der Waals surface area (Å²) in [4.78, 5) is 0. The van der Waals surface area contributed by atoms with Crippen molar-refractivity contribution in [3.05, 3.63) is 87.9 Å². The van der Waals surface area contributed by atoms with Crippen LogP contribution in [0.1, 0.15) is 43.4 Å². The normalized spacial score (nSPS) is 10.2. The zero-order valence-corrected chi connectivity index (χ0v) is 18.1. The third-order valence-corrected chi connectivity index (χ3v) is 5.19. The third-order valence-electron chi connectivity index (χ3n) is 4.57. The van der Waals surface area contributed by atoms with Gasteiger partial charge in [0.25, 0.3) is 0 Å². The van der Waals surface area contributed by atoms with E-state index >= 15 is 0 Å². The van der Waals surface area contributed by atoms with E-state index in [4.69, 9.17) is 4.74 Å². The maximum Gasteiger partial charge on any atom is 0.133 e. The minimum Gasteiger partial charge on any atom is -0.493 e. The highest BCUT2D eigenvalue weighted by molar-refractivity contribution is 9.10. The van der Waals surface area contributed by atoms with Gasteiger partial charge in [0.1, 0.15) is 5.75 Å². The predicted molar refractivity (Wildman–Crippen MR) is 122 cm³/mol. The molecule has 0 spiro atoms. The zero-order chi connectivity index (χ0) is 19.8. The van der Waals surface area contributed by atoms with Crippen LogP contribution in [-0.4, -0.2) is 6.61 Å². The van der Waals surface area contributed by atoms with Crippen molar-refractivity contribution in [3.63, 3.8) is 0 Å². The van der Waals surface area contributed by atoms with Gasteiger partial charge in [0.05, 0.1) is 11.1 Å². The molecule has 0 bridgehead atoms. The molecule has 0 radical (unpaired) electrons. The zero-order valence-electron chi connectivity index (χ0n) is 16.5. The summed E-state index contributed by atoms with van der Waals surface area (Å²) in [6.07, 6.45) is 3.64. The molecule has 0 atom stereocenters. The molecular formula is C26H25BrO. The Kier molecular flexibility index (Phi) is 7.34. The van der Waals surface area contributed by atoms with Crippen LogP contribution in [0, 0.1) is 11.8 Å². The Morgan fingerprint density at radius 1 is 0.786 bits per heavy atom. The summed E-state index contributed by atoms with van der Waals surface area (Å²) in [6.45, 7) is 4.86. The summed E-state index contributed by atoms with van der Waals surface area (Å²) in [5.74, 6) is 7.31. The van der Waals surface area contributed by atoms with E-state index in [1.165, 1.54) is 29.5 Å². The van der Waals surface area contributed by atoms with E-state index in [1.807, 2.05) is 25.1 Å². The standard InChI is InChI=1S/C26H25BrO/c1-3-5-6-20-9-14-23(15-10-20)24-16-11-21(12-17-24)7-8-22-13-18-26(28-4-2)25(27)19-22/h9-19H,3-6H2,1-2H3. The molecule has 0 unspecified atom stereocenters. The van der Waals surface area contributed by atoms with E-state index in [9.17, 15) is 0 Å². The van der Waals surface area contributed by atoms with Crippen molar-refractivity contribution >= 4 is 15.9 Å². The fourth-order valence-electron chi connectivity index (χ4n) is 2.99. The molecule has 2 heteroatoms. The Hall–Kier alpha value is -2.50. The minimum absolute atomic E-state index is 0.650. The van der Waals surface area contributed by atoms with Crippen molar-refractivity contribution in [3.8, 4) is 28.7 Å². The maximum atomic E-state index is 5.54. The van der Waals surface area contributed by atoms with Gasteiger partial charge in [-0.05, 0) is 82.7 Å². The van der Waals surface area contributed by atoms with Crippen LogP contribution in [0.25, 0.3) is 11.1 Å². The summed E-state index contributed by atoms with van der Waals surface area (Å²) in [5, 5.41) is 0. The number of halogens is 1. The monoisotopic (exact) mass is 432 g/mol. The lowest BCUT2D eigenvalue weighted by Crippen LogP contribution is -1.92. The molecule has 0 aromatic heterocycles. The maximum absolute atomic E-state index is 5.54. The fraction of sp³-hybridized carbons (Fsp3) is 0.231. The van der Waals surface area contributed by atoms with Gasteiger partial charge in [-0.2, -0.15) is 0 Å². The van der Waals surface area contributed by atoms with Crippen molar-refractivity contribution in [1.82, 2.24) is 0 Å². The van der Waals surface area contributed by atoms with Gasteiger partial charge in [0, 0.05) is 11.1 Å². The summed E-state index contributed by atoms with van der Waals surface area (Å²) in [7, 11) is 0. The van der Waals surface area contributed by atoms with Gasteiger partial charge in [-0.3, -0.25) is 0 Å². The lowest BCUT2D eigenvalue weighted by molar-refractivity contribution is 0.338. The molecule has 3 aromatic rings. The number of rotatable bonds is 6. The molecule has 0 heterocycles. The van der Waals surface area contributed by atoms with E-state index in [0.717, 1.165) is 27.8 Å². The molecule has 3 aromatic carbocycles. The molecule has 0 amide bonds. The Balaban J connectivity index is 1.70. The Morgan fingerprint density at radius 3 is 2.00 bits per heavy atom. The van der Waals surface area contributed by atoms with Crippen LogP contribution in [0.4, 0.5) is 0 Å². The molecule has 0 saturated heterocycles. The average Bonchev–Trinajstić information content (AvgIpc) is 2.73. The Bertz CT molecular complexity index is 960. The lowest BCUT2D eigenvalue weighted by Gasteiger charge is -2.05. The molecule has 0 aliphatic heterocycles. The first-order valence-corrected chi connectivity index (χ1v) is 10.6. The molecule has 28 heavy (non-hydrogen) atoms. The Labute approximate surface area is 176 Å². The average molecular weight is 433 g/mol. The van der Waals surface area contributed by atoms with Crippen LogP contribution >= 0.6 is 15.9 Å². The van der Waals surface area contributed by atoms with E-state index in [0.29, 0.717) is 6.61 Å². The first-order chi connectivity index (χ1) is 13.7. The molecule has 0 N–H and O–H groups in total. The first kappa shape index (κ1) is 20.2. The van der Waals surface area contributed by atoms with Crippen molar-refractivity contribution in [2.45, 2.75) is 33.1 Å². The van der Waals surface area contributed by atoms with Crippen LogP contribution in [0.15, 0.2) is 71.2 Å². The molecule has 0 aliphatic carbocycles. The van der Waals surface area contributed by atoms with Crippen LogP contribution in [-0.2, 0) is 6.42 Å². The van der Waals surface area contributed by atoms with Crippen LogP contribution < -0.4 is 4.74 Å². The number of benzene rings is 3. The minimum atomic E-state index is 0.650. The highest BCUT2D eigenvalue weighted by Gasteiger charge is 2.01. The smallest absolute Gasteiger partial charge is 0.133 e. The molecular weight excluding hydrogens is 408 g/mol. The molecule has 0 fully saturated rings. The second-order valence-corrected chi connectivity index (χ2v) is 7.56. The Morgan fingerprint density at radius 2 is 1.39 bits per heavy atom. The lowest BCUT2D eigenvalue weighted by atomic mass is 10.0. The highest BCUT2D eigenvalue weighted by atomic mass is 79.9. The van der Waals surface area contributed by atoms with Crippen LogP contribution in [0.2, 0.25) is 0 Å². The first-order valence-electron chi connectivity index (χ1n) is 9.83. The van der Waals surface area contributed by atoms with E-state index in [-0.39, 0.29) is 0 Å². The second-order valence-electron chi connectivity index (χ2n) is 6.71. The second kappa shape index (κ2) is 10.2.